The number of aryl methyl sites for hydroxylation is 1. The fourth-order valence-electron chi connectivity index (χ4n) is 2.90. The maximum Gasteiger partial charge on any atom is 0.309 e. The van der Waals surface area contributed by atoms with E-state index < -0.39 is 0 Å². The third kappa shape index (κ3) is 2.63. The van der Waals surface area contributed by atoms with Crippen LogP contribution in [0.4, 0.5) is 0 Å². The van der Waals surface area contributed by atoms with Gasteiger partial charge in [0.15, 0.2) is 0 Å². The third-order valence-corrected chi connectivity index (χ3v) is 5.02. The molecule has 0 bridgehead atoms. The standard InChI is InChI=1S/C17H17NO2S/c1-11-16(21-10-18-11)14-8-13(9-15(14)17(19)20-2)12-6-4-3-5-7-12/h3-8,10,14-15H,9H2,1-2H3/t14-,15+/m0/s1. The van der Waals surface area contributed by atoms with Crippen LogP contribution >= 0.6 is 11.3 Å². The molecule has 21 heavy (non-hydrogen) atoms. The fraction of sp³-hybridized carbons (Fsp3) is 0.294. The van der Waals surface area contributed by atoms with Crippen molar-refractivity contribution >= 4 is 22.9 Å². The molecule has 108 valence electrons. The Morgan fingerprint density at radius 3 is 2.71 bits per heavy atom. The van der Waals surface area contributed by atoms with Crippen molar-refractivity contribution in [1.29, 1.82) is 0 Å². The summed E-state index contributed by atoms with van der Waals surface area (Å²) >= 11 is 1.61. The van der Waals surface area contributed by atoms with Crippen LogP contribution in [0.15, 0.2) is 41.9 Å². The van der Waals surface area contributed by atoms with Gasteiger partial charge >= 0.3 is 5.97 Å². The summed E-state index contributed by atoms with van der Waals surface area (Å²) in [5, 5.41) is 0. The summed E-state index contributed by atoms with van der Waals surface area (Å²) in [7, 11) is 1.46. The van der Waals surface area contributed by atoms with Gasteiger partial charge in [0.25, 0.3) is 0 Å². The number of benzene rings is 1. The zero-order valence-corrected chi connectivity index (χ0v) is 12.9. The Morgan fingerprint density at radius 2 is 2.10 bits per heavy atom. The number of aromatic nitrogens is 1. The Balaban J connectivity index is 1.99. The highest BCUT2D eigenvalue weighted by Crippen LogP contribution is 2.44. The molecule has 0 unspecified atom stereocenters. The average Bonchev–Trinajstić information content (AvgIpc) is 3.13. The number of nitrogens with zero attached hydrogens (tertiary/aromatic N) is 1. The zero-order valence-electron chi connectivity index (χ0n) is 12.1. The Labute approximate surface area is 128 Å². The molecule has 1 aromatic heterocycles. The molecule has 3 nitrogen and oxygen atoms in total. The first kappa shape index (κ1) is 14.0. The molecule has 0 aliphatic heterocycles. The largest absolute Gasteiger partial charge is 0.469 e. The van der Waals surface area contributed by atoms with Crippen molar-refractivity contribution in [3.8, 4) is 0 Å². The Kier molecular flexibility index (Phi) is 3.88. The Morgan fingerprint density at radius 1 is 1.33 bits per heavy atom. The van der Waals surface area contributed by atoms with E-state index in [-0.39, 0.29) is 17.8 Å². The second-order valence-corrected chi connectivity index (χ2v) is 6.11. The summed E-state index contributed by atoms with van der Waals surface area (Å²) in [6, 6.07) is 10.2. The number of carbonyl (C=O) groups excluding carboxylic acids is 1. The lowest BCUT2D eigenvalue weighted by atomic mass is 9.93. The number of thiazole rings is 1. The molecule has 2 aromatic rings. The van der Waals surface area contributed by atoms with Crippen LogP contribution in [-0.2, 0) is 9.53 Å². The Hall–Kier alpha value is -1.94. The smallest absolute Gasteiger partial charge is 0.309 e. The van der Waals surface area contributed by atoms with Crippen LogP contribution in [0.1, 0.15) is 28.5 Å². The molecular formula is C17H17NO2S. The van der Waals surface area contributed by atoms with Crippen molar-refractivity contribution in [2.75, 3.05) is 7.11 Å². The van der Waals surface area contributed by atoms with E-state index in [2.05, 4.69) is 23.2 Å². The highest BCUT2D eigenvalue weighted by molar-refractivity contribution is 7.09. The minimum atomic E-state index is -0.149. The second-order valence-electron chi connectivity index (χ2n) is 5.22. The van der Waals surface area contributed by atoms with Gasteiger partial charge in [0.05, 0.1) is 24.2 Å². The van der Waals surface area contributed by atoms with Crippen LogP contribution < -0.4 is 0 Å². The lowest BCUT2D eigenvalue weighted by Crippen LogP contribution is -2.19. The van der Waals surface area contributed by atoms with Crippen LogP contribution in [-0.4, -0.2) is 18.1 Å². The maximum atomic E-state index is 12.1. The molecule has 0 radical (unpaired) electrons. The second kappa shape index (κ2) is 5.82. The first-order valence-electron chi connectivity index (χ1n) is 6.94. The predicted octanol–water partition coefficient (Wildman–Crippen LogP) is 3.81. The van der Waals surface area contributed by atoms with Gasteiger partial charge in [-0.3, -0.25) is 4.79 Å². The first-order valence-corrected chi connectivity index (χ1v) is 7.82. The monoisotopic (exact) mass is 299 g/mol. The molecule has 0 amide bonds. The number of rotatable bonds is 3. The average molecular weight is 299 g/mol. The van der Waals surface area contributed by atoms with Gasteiger partial charge < -0.3 is 4.74 Å². The van der Waals surface area contributed by atoms with E-state index >= 15 is 0 Å². The molecule has 0 spiro atoms. The van der Waals surface area contributed by atoms with Gasteiger partial charge in [0.1, 0.15) is 0 Å². The normalized spacial score (nSPS) is 21.1. The third-order valence-electron chi connectivity index (χ3n) is 3.99. The summed E-state index contributed by atoms with van der Waals surface area (Å²) in [6.07, 6.45) is 2.93. The molecule has 1 aliphatic carbocycles. The minimum Gasteiger partial charge on any atom is -0.469 e. The molecule has 0 saturated heterocycles. The summed E-state index contributed by atoms with van der Waals surface area (Å²) in [6.45, 7) is 1.99. The lowest BCUT2D eigenvalue weighted by Gasteiger charge is -2.16. The van der Waals surface area contributed by atoms with E-state index in [9.17, 15) is 4.79 Å². The van der Waals surface area contributed by atoms with Crippen molar-refractivity contribution in [3.63, 3.8) is 0 Å². The van der Waals surface area contributed by atoms with Gasteiger partial charge in [-0.2, -0.15) is 0 Å². The van der Waals surface area contributed by atoms with E-state index in [1.165, 1.54) is 18.2 Å². The van der Waals surface area contributed by atoms with Crippen LogP contribution in [0.3, 0.4) is 0 Å². The number of allylic oxidation sites excluding steroid dienone is 2. The lowest BCUT2D eigenvalue weighted by molar-refractivity contribution is -0.145. The van der Waals surface area contributed by atoms with Crippen LogP contribution in [0.5, 0.6) is 0 Å². The SMILES string of the molecule is COC(=O)[C@@H]1CC(c2ccccc2)=C[C@@H]1c1scnc1C. The molecule has 2 atom stereocenters. The summed E-state index contributed by atoms with van der Waals surface area (Å²) < 4.78 is 5.00. The fourth-order valence-corrected chi connectivity index (χ4v) is 3.84. The highest BCUT2D eigenvalue weighted by atomic mass is 32.1. The molecule has 1 aromatic carbocycles. The molecule has 4 heteroatoms. The molecule has 0 fully saturated rings. The van der Waals surface area contributed by atoms with Crippen molar-refractivity contribution in [3.05, 3.63) is 58.1 Å². The number of esters is 1. The molecule has 0 N–H and O–H groups in total. The molecule has 1 heterocycles. The quantitative estimate of drug-likeness (QED) is 0.809. The molecule has 3 rings (SSSR count). The predicted molar refractivity (Wildman–Crippen MR) is 84.1 cm³/mol. The van der Waals surface area contributed by atoms with Crippen molar-refractivity contribution in [2.45, 2.75) is 19.3 Å². The van der Waals surface area contributed by atoms with E-state index in [1.54, 1.807) is 11.3 Å². The van der Waals surface area contributed by atoms with Gasteiger partial charge in [-0.15, -0.1) is 11.3 Å². The van der Waals surface area contributed by atoms with Gasteiger partial charge in [-0.1, -0.05) is 36.4 Å². The van der Waals surface area contributed by atoms with Gasteiger partial charge in [-0.25, -0.2) is 4.98 Å². The summed E-state index contributed by atoms with van der Waals surface area (Å²) in [4.78, 5) is 17.6. The summed E-state index contributed by atoms with van der Waals surface area (Å²) in [5.41, 5.74) is 5.23. The molecular weight excluding hydrogens is 282 g/mol. The molecule has 1 aliphatic rings. The van der Waals surface area contributed by atoms with Crippen molar-refractivity contribution < 1.29 is 9.53 Å². The molecule has 0 saturated carbocycles. The number of carbonyl (C=O) groups is 1. The van der Waals surface area contributed by atoms with E-state index in [4.69, 9.17) is 4.74 Å². The summed E-state index contributed by atoms with van der Waals surface area (Å²) in [5.74, 6) is -0.223. The van der Waals surface area contributed by atoms with E-state index in [0.717, 1.165) is 17.0 Å². The van der Waals surface area contributed by atoms with Crippen LogP contribution in [0, 0.1) is 12.8 Å². The van der Waals surface area contributed by atoms with Crippen molar-refractivity contribution in [2.24, 2.45) is 5.92 Å². The van der Waals surface area contributed by atoms with E-state index in [1.807, 2.05) is 30.6 Å². The van der Waals surface area contributed by atoms with Crippen LogP contribution in [0.25, 0.3) is 5.57 Å². The van der Waals surface area contributed by atoms with Gasteiger partial charge in [-0.05, 0) is 24.5 Å². The maximum absolute atomic E-state index is 12.1. The van der Waals surface area contributed by atoms with E-state index in [0.29, 0.717) is 0 Å². The number of methoxy groups -OCH3 is 1. The Bertz CT molecular complexity index is 675. The van der Waals surface area contributed by atoms with Gasteiger partial charge in [0, 0.05) is 10.8 Å². The topological polar surface area (TPSA) is 39.2 Å². The van der Waals surface area contributed by atoms with Crippen LogP contribution in [0.2, 0.25) is 0 Å². The van der Waals surface area contributed by atoms with Gasteiger partial charge in [0.2, 0.25) is 0 Å². The zero-order chi connectivity index (χ0) is 14.8. The minimum absolute atomic E-state index is 0.0696. The number of hydrogen-bond donors (Lipinski definition) is 0. The van der Waals surface area contributed by atoms with Crippen molar-refractivity contribution in [1.82, 2.24) is 4.98 Å². The number of hydrogen-bond acceptors (Lipinski definition) is 4. The number of ether oxygens (including phenoxy) is 1. The first-order chi connectivity index (χ1) is 10.2. The highest BCUT2D eigenvalue weighted by Gasteiger charge is 2.36.